The number of halogens is 4. The number of aliphatic hydroxyl groups is 1. The molecule has 0 radical (unpaired) electrons. The highest BCUT2D eigenvalue weighted by Gasteiger charge is 2.42. The zero-order chi connectivity index (χ0) is 29.6. The van der Waals surface area contributed by atoms with Crippen molar-refractivity contribution >= 4 is 8.32 Å². The number of rotatable bonds is 6. The van der Waals surface area contributed by atoms with Crippen molar-refractivity contribution in [3.8, 4) is 11.1 Å². The molecule has 0 bridgehead atoms. The summed E-state index contributed by atoms with van der Waals surface area (Å²) >= 11 is 0. The number of hydrogen-bond donors (Lipinski definition) is 1. The summed E-state index contributed by atoms with van der Waals surface area (Å²) in [6.45, 7) is 14.9. The number of benzene rings is 2. The highest BCUT2D eigenvalue weighted by Crippen LogP contribution is 2.49. The SMILES string of the molecule is CC(C)c1nc2c(c(-c3ccc(F)cc3)c1C(O)c1ccc(C(F)(F)F)cc1)C(O[Si](C)(C)C(C)(C)C)CCC2. The van der Waals surface area contributed by atoms with E-state index >= 15 is 0 Å². The zero-order valence-corrected chi connectivity index (χ0v) is 25.3. The Morgan fingerprint density at radius 1 is 0.975 bits per heavy atom. The van der Waals surface area contributed by atoms with E-state index in [2.05, 4.69) is 33.9 Å². The van der Waals surface area contributed by atoms with E-state index in [-0.39, 0.29) is 22.9 Å². The fraction of sp³-hybridized carbons (Fsp3) is 0.469. The normalized spacial score (nSPS) is 17.2. The first-order chi connectivity index (χ1) is 18.5. The summed E-state index contributed by atoms with van der Waals surface area (Å²) in [6.07, 6.45) is -3.55. The second kappa shape index (κ2) is 11.0. The predicted molar refractivity (Wildman–Crippen MR) is 153 cm³/mol. The van der Waals surface area contributed by atoms with Crippen molar-refractivity contribution in [3.05, 3.63) is 88.0 Å². The Balaban J connectivity index is 2.00. The summed E-state index contributed by atoms with van der Waals surface area (Å²) in [5.74, 6) is -0.458. The highest BCUT2D eigenvalue weighted by molar-refractivity contribution is 6.74. The largest absolute Gasteiger partial charge is 0.416 e. The molecule has 216 valence electrons. The fourth-order valence-electron chi connectivity index (χ4n) is 5.14. The van der Waals surface area contributed by atoms with Crippen LogP contribution >= 0.6 is 0 Å². The standard InChI is InChI=1S/C32H39F4NO2Si/c1-19(2)29-28(30(38)21-11-15-22(16-12-21)32(34,35)36)26(20-13-17-23(33)18-14-20)27-24(37-29)9-8-10-25(27)39-40(6,7)31(3,4)5/h11-19,25,30,38H,8-10H2,1-7H3. The van der Waals surface area contributed by atoms with Gasteiger partial charge in [-0.15, -0.1) is 0 Å². The number of nitrogens with zero attached hydrogens (tertiary/aromatic N) is 1. The lowest BCUT2D eigenvalue weighted by Crippen LogP contribution is -2.42. The summed E-state index contributed by atoms with van der Waals surface area (Å²) in [6, 6.07) is 10.8. The van der Waals surface area contributed by atoms with Gasteiger partial charge in [0.15, 0.2) is 8.32 Å². The van der Waals surface area contributed by atoms with Gasteiger partial charge >= 0.3 is 6.18 Å². The first kappa shape index (κ1) is 30.4. The van der Waals surface area contributed by atoms with E-state index in [1.54, 1.807) is 12.1 Å². The topological polar surface area (TPSA) is 42.4 Å². The van der Waals surface area contributed by atoms with Gasteiger partial charge in [-0.3, -0.25) is 4.98 Å². The van der Waals surface area contributed by atoms with Crippen LogP contribution in [0.15, 0.2) is 48.5 Å². The van der Waals surface area contributed by atoms with Crippen LogP contribution in [0.1, 0.15) is 99.2 Å². The van der Waals surface area contributed by atoms with Gasteiger partial charge < -0.3 is 9.53 Å². The molecule has 0 saturated heterocycles. The van der Waals surface area contributed by atoms with Crippen molar-refractivity contribution < 1.29 is 27.1 Å². The minimum Gasteiger partial charge on any atom is -0.410 e. The number of aliphatic hydroxyl groups excluding tert-OH is 1. The van der Waals surface area contributed by atoms with Crippen molar-refractivity contribution in [1.82, 2.24) is 4.98 Å². The third-order valence-electron chi connectivity index (χ3n) is 8.33. The van der Waals surface area contributed by atoms with Crippen molar-refractivity contribution in [2.75, 3.05) is 0 Å². The average molecular weight is 574 g/mol. The van der Waals surface area contributed by atoms with E-state index in [0.717, 1.165) is 48.2 Å². The van der Waals surface area contributed by atoms with Gasteiger partial charge in [0, 0.05) is 22.5 Å². The van der Waals surface area contributed by atoms with Crippen LogP contribution in [0.5, 0.6) is 0 Å². The van der Waals surface area contributed by atoms with E-state index in [4.69, 9.17) is 9.41 Å². The molecule has 0 aliphatic heterocycles. The quantitative estimate of drug-likeness (QED) is 0.236. The molecular formula is C32H39F4NO2Si. The second-order valence-electron chi connectivity index (χ2n) is 12.6. The predicted octanol–water partition coefficient (Wildman–Crippen LogP) is 9.51. The minimum absolute atomic E-state index is 0.0332. The Bertz CT molecular complexity index is 1340. The van der Waals surface area contributed by atoms with Crippen molar-refractivity contribution in [2.24, 2.45) is 0 Å². The molecule has 0 amide bonds. The number of pyridine rings is 1. The number of aromatic nitrogens is 1. The van der Waals surface area contributed by atoms with Crippen LogP contribution in [0.3, 0.4) is 0 Å². The van der Waals surface area contributed by atoms with E-state index in [1.165, 1.54) is 24.3 Å². The maximum Gasteiger partial charge on any atom is 0.416 e. The summed E-state index contributed by atoms with van der Waals surface area (Å²) < 4.78 is 60.8. The first-order valence-electron chi connectivity index (χ1n) is 13.9. The van der Waals surface area contributed by atoms with E-state index < -0.39 is 26.2 Å². The molecule has 4 rings (SSSR count). The van der Waals surface area contributed by atoms with Crippen LogP contribution in [0.4, 0.5) is 17.6 Å². The van der Waals surface area contributed by atoms with Crippen LogP contribution in [0, 0.1) is 5.82 Å². The van der Waals surface area contributed by atoms with E-state index in [9.17, 15) is 22.7 Å². The smallest absolute Gasteiger partial charge is 0.410 e. The summed E-state index contributed by atoms with van der Waals surface area (Å²) in [5.41, 5.74) is 4.02. The molecule has 0 spiro atoms. The minimum atomic E-state index is -4.48. The lowest BCUT2D eigenvalue weighted by atomic mass is 9.80. The summed E-state index contributed by atoms with van der Waals surface area (Å²) in [5, 5.41) is 11.8. The molecule has 2 unspecified atom stereocenters. The number of fused-ring (bicyclic) bond motifs is 1. The lowest BCUT2D eigenvalue weighted by molar-refractivity contribution is -0.137. The van der Waals surface area contributed by atoms with Crippen LogP contribution < -0.4 is 0 Å². The molecule has 0 fully saturated rings. The molecule has 1 aliphatic carbocycles. The van der Waals surface area contributed by atoms with Crippen molar-refractivity contribution in [1.29, 1.82) is 0 Å². The number of aryl methyl sites for hydroxylation is 1. The van der Waals surface area contributed by atoms with Crippen LogP contribution in [0.25, 0.3) is 11.1 Å². The Hall–Kier alpha value is -2.55. The van der Waals surface area contributed by atoms with Gasteiger partial charge in [0.25, 0.3) is 0 Å². The number of alkyl halides is 3. The molecule has 0 saturated carbocycles. The maximum atomic E-state index is 14.1. The third kappa shape index (κ3) is 6.04. The Morgan fingerprint density at radius 2 is 1.57 bits per heavy atom. The van der Waals surface area contributed by atoms with Crippen molar-refractivity contribution in [3.63, 3.8) is 0 Å². The fourth-order valence-corrected chi connectivity index (χ4v) is 6.44. The first-order valence-corrected chi connectivity index (χ1v) is 16.8. The number of hydrogen-bond acceptors (Lipinski definition) is 3. The molecule has 1 aromatic heterocycles. The Labute approximate surface area is 235 Å². The Kier molecular flexibility index (Phi) is 8.38. The van der Waals surface area contributed by atoms with Crippen LogP contribution in [0.2, 0.25) is 18.1 Å². The molecule has 2 atom stereocenters. The maximum absolute atomic E-state index is 14.1. The van der Waals surface area contributed by atoms with Crippen molar-refractivity contribution in [2.45, 2.75) is 96.3 Å². The molecule has 40 heavy (non-hydrogen) atoms. The van der Waals surface area contributed by atoms with Crippen LogP contribution in [-0.4, -0.2) is 18.4 Å². The monoisotopic (exact) mass is 573 g/mol. The molecule has 1 N–H and O–H groups in total. The van der Waals surface area contributed by atoms with E-state index in [0.29, 0.717) is 22.4 Å². The summed E-state index contributed by atoms with van der Waals surface area (Å²) in [7, 11) is -2.22. The van der Waals surface area contributed by atoms with E-state index in [1.807, 2.05) is 13.8 Å². The van der Waals surface area contributed by atoms with Gasteiger partial charge in [-0.1, -0.05) is 58.9 Å². The molecule has 3 aromatic rings. The Morgan fingerprint density at radius 3 is 2.10 bits per heavy atom. The highest BCUT2D eigenvalue weighted by atomic mass is 28.4. The van der Waals surface area contributed by atoms with Gasteiger partial charge in [-0.05, 0) is 84.3 Å². The van der Waals surface area contributed by atoms with Crippen LogP contribution in [-0.2, 0) is 17.0 Å². The van der Waals surface area contributed by atoms with Gasteiger partial charge in [-0.2, -0.15) is 13.2 Å². The molecule has 2 aromatic carbocycles. The van der Waals surface area contributed by atoms with Gasteiger partial charge in [0.05, 0.1) is 11.7 Å². The molecule has 3 nitrogen and oxygen atoms in total. The lowest BCUT2D eigenvalue weighted by Gasteiger charge is -2.42. The van der Waals surface area contributed by atoms with Gasteiger partial charge in [-0.25, -0.2) is 4.39 Å². The van der Waals surface area contributed by atoms with Gasteiger partial charge in [0.2, 0.25) is 0 Å². The zero-order valence-electron chi connectivity index (χ0n) is 24.3. The summed E-state index contributed by atoms with van der Waals surface area (Å²) in [4.78, 5) is 5.08. The molecule has 1 aliphatic rings. The second-order valence-corrected chi connectivity index (χ2v) is 17.3. The molecule has 1 heterocycles. The molecule has 8 heteroatoms. The third-order valence-corrected chi connectivity index (χ3v) is 12.8. The van der Waals surface area contributed by atoms with Gasteiger partial charge in [0.1, 0.15) is 11.9 Å². The molecular weight excluding hydrogens is 534 g/mol. The average Bonchev–Trinajstić information content (AvgIpc) is 2.86.